The number of hydrogen-bond donors (Lipinski definition) is 2. The Morgan fingerprint density at radius 1 is 1.24 bits per heavy atom. The van der Waals surface area contributed by atoms with Gasteiger partial charge in [0, 0.05) is 17.1 Å². The molecule has 0 aliphatic carbocycles. The van der Waals surface area contributed by atoms with Crippen molar-refractivity contribution in [1.29, 1.82) is 0 Å². The van der Waals surface area contributed by atoms with Gasteiger partial charge in [0.2, 0.25) is 5.91 Å². The molecule has 1 amide bonds. The topological polar surface area (TPSA) is 41.1 Å². The fourth-order valence-electron chi connectivity index (χ4n) is 3.09. The Bertz CT molecular complexity index is 477. The third-order valence-electron chi connectivity index (χ3n) is 4.23. The monoisotopic (exact) mass is 326 g/mol. The van der Waals surface area contributed by atoms with Crippen LogP contribution in [0.1, 0.15) is 37.3 Å². The maximum absolute atomic E-state index is 12.3. The van der Waals surface area contributed by atoms with E-state index in [1.165, 1.54) is 10.5 Å². The number of carbonyl (C=O) groups excluding carboxylic acids is 1. The van der Waals surface area contributed by atoms with Crippen molar-refractivity contribution >= 4 is 30.1 Å². The van der Waals surface area contributed by atoms with E-state index in [0.29, 0.717) is 12.3 Å². The number of amides is 1. The van der Waals surface area contributed by atoms with Crippen molar-refractivity contribution in [2.45, 2.75) is 36.6 Å². The SMILES string of the molecule is Cl.O=C(CC1CCNCC1)NC1CCSc2ccccc21. The molecule has 1 aromatic carbocycles. The predicted octanol–water partition coefficient (Wildman–Crippen LogP) is 3.15. The average molecular weight is 327 g/mol. The van der Waals surface area contributed by atoms with Crippen LogP contribution in [0.3, 0.4) is 0 Å². The van der Waals surface area contributed by atoms with Gasteiger partial charge in [-0.05, 0) is 49.9 Å². The Hall–Kier alpha value is -0.710. The first-order valence-corrected chi connectivity index (χ1v) is 8.53. The number of hydrogen-bond acceptors (Lipinski definition) is 3. The summed E-state index contributed by atoms with van der Waals surface area (Å²) in [4.78, 5) is 13.6. The molecule has 5 heteroatoms. The van der Waals surface area contributed by atoms with Crippen molar-refractivity contribution < 1.29 is 4.79 Å². The summed E-state index contributed by atoms with van der Waals surface area (Å²) in [6.07, 6.45) is 3.99. The minimum atomic E-state index is 0. The summed E-state index contributed by atoms with van der Waals surface area (Å²) >= 11 is 1.90. The lowest BCUT2D eigenvalue weighted by Gasteiger charge is -2.27. The quantitative estimate of drug-likeness (QED) is 0.896. The number of carbonyl (C=O) groups is 1. The molecule has 0 saturated carbocycles. The summed E-state index contributed by atoms with van der Waals surface area (Å²) in [6.45, 7) is 2.11. The molecule has 1 unspecified atom stereocenters. The zero-order valence-corrected chi connectivity index (χ0v) is 13.8. The van der Waals surface area contributed by atoms with Crippen LogP contribution < -0.4 is 10.6 Å². The van der Waals surface area contributed by atoms with Gasteiger partial charge in [0.15, 0.2) is 0 Å². The molecule has 21 heavy (non-hydrogen) atoms. The number of benzene rings is 1. The second-order valence-electron chi connectivity index (χ2n) is 5.69. The highest BCUT2D eigenvalue weighted by molar-refractivity contribution is 7.99. The van der Waals surface area contributed by atoms with Crippen LogP contribution in [0.25, 0.3) is 0 Å². The lowest BCUT2D eigenvalue weighted by molar-refractivity contribution is -0.123. The maximum Gasteiger partial charge on any atom is 0.220 e. The summed E-state index contributed by atoms with van der Waals surface area (Å²) in [5, 5.41) is 6.60. The van der Waals surface area contributed by atoms with Gasteiger partial charge in [-0.3, -0.25) is 4.79 Å². The fourth-order valence-corrected chi connectivity index (χ4v) is 4.22. The van der Waals surface area contributed by atoms with Gasteiger partial charge in [-0.1, -0.05) is 18.2 Å². The molecule has 1 saturated heterocycles. The average Bonchev–Trinajstić information content (AvgIpc) is 2.48. The predicted molar refractivity (Wildman–Crippen MR) is 90.1 cm³/mol. The Labute approximate surface area is 137 Å². The van der Waals surface area contributed by atoms with E-state index >= 15 is 0 Å². The molecule has 2 aliphatic rings. The van der Waals surface area contributed by atoms with Gasteiger partial charge in [0.25, 0.3) is 0 Å². The third kappa shape index (κ3) is 4.38. The van der Waals surface area contributed by atoms with Gasteiger partial charge < -0.3 is 10.6 Å². The van der Waals surface area contributed by atoms with E-state index in [-0.39, 0.29) is 24.4 Å². The van der Waals surface area contributed by atoms with Gasteiger partial charge in [-0.25, -0.2) is 0 Å². The van der Waals surface area contributed by atoms with Crippen LogP contribution in [0.2, 0.25) is 0 Å². The number of halogens is 1. The van der Waals surface area contributed by atoms with Crippen molar-refractivity contribution in [3.8, 4) is 0 Å². The molecule has 116 valence electrons. The van der Waals surface area contributed by atoms with Crippen molar-refractivity contribution in [3.63, 3.8) is 0 Å². The van der Waals surface area contributed by atoms with E-state index in [1.54, 1.807) is 0 Å². The number of thioether (sulfide) groups is 1. The number of fused-ring (bicyclic) bond motifs is 1. The summed E-state index contributed by atoms with van der Waals surface area (Å²) in [7, 11) is 0. The largest absolute Gasteiger partial charge is 0.349 e. The van der Waals surface area contributed by atoms with Crippen LogP contribution in [0.15, 0.2) is 29.2 Å². The molecule has 0 bridgehead atoms. The van der Waals surface area contributed by atoms with Crippen molar-refractivity contribution in [1.82, 2.24) is 10.6 Å². The number of nitrogens with one attached hydrogen (secondary N) is 2. The molecule has 0 spiro atoms. The summed E-state index contributed by atoms with van der Waals surface area (Å²) in [5.41, 5.74) is 1.29. The molecule has 2 aliphatic heterocycles. The Balaban J connectivity index is 0.00000161. The van der Waals surface area contributed by atoms with Gasteiger partial charge >= 0.3 is 0 Å². The van der Waals surface area contributed by atoms with E-state index < -0.39 is 0 Å². The summed E-state index contributed by atoms with van der Waals surface area (Å²) in [5.74, 6) is 1.88. The molecule has 2 heterocycles. The van der Waals surface area contributed by atoms with Crippen molar-refractivity contribution in [2.24, 2.45) is 5.92 Å². The van der Waals surface area contributed by atoms with E-state index in [1.807, 2.05) is 11.8 Å². The molecule has 3 rings (SSSR count). The standard InChI is InChI=1S/C16H22N2OS.ClH/c19-16(11-12-5-8-17-9-6-12)18-14-7-10-20-15-4-2-1-3-13(14)15;/h1-4,12,14,17H,5-11H2,(H,18,19);1H. The minimum Gasteiger partial charge on any atom is -0.349 e. The first-order chi connectivity index (χ1) is 9.83. The molecule has 1 atom stereocenters. The normalized spacial score (nSPS) is 22.0. The smallest absolute Gasteiger partial charge is 0.220 e. The summed E-state index contributed by atoms with van der Waals surface area (Å²) in [6, 6.07) is 8.66. The van der Waals surface area contributed by atoms with Crippen molar-refractivity contribution in [2.75, 3.05) is 18.8 Å². The van der Waals surface area contributed by atoms with Crippen LogP contribution in [0.4, 0.5) is 0 Å². The molecule has 1 fully saturated rings. The molecule has 1 aromatic rings. The van der Waals surface area contributed by atoms with Crippen LogP contribution >= 0.6 is 24.2 Å². The Morgan fingerprint density at radius 3 is 2.81 bits per heavy atom. The van der Waals surface area contributed by atoms with Crippen LogP contribution in [-0.2, 0) is 4.79 Å². The lowest BCUT2D eigenvalue weighted by atomic mass is 9.94. The Kier molecular flexibility index (Phi) is 6.40. The fraction of sp³-hybridized carbons (Fsp3) is 0.562. The zero-order valence-electron chi connectivity index (χ0n) is 12.1. The van der Waals surface area contributed by atoms with Gasteiger partial charge in [-0.2, -0.15) is 0 Å². The third-order valence-corrected chi connectivity index (χ3v) is 5.35. The van der Waals surface area contributed by atoms with Gasteiger partial charge in [0.05, 0.1) is 6.04 Å². The molecular weight excluding hydrogens is 304 g/mol. The highest BCUT2D eigenvalue weighted by atomic mass is 35.5. The van der Waals surface area contributed by atoms with Crippen molar-refractivity contribution in [3.05, 3.63) is 29.8 Å². The molecule has 3 nitrogen and oxygen atoms in total. The van der Waals surface area contributed by atoms with Crippen LogP contribution in [0, 0.1) is 5.92 Å². The van der Waals surface area contributed by atoms with E-state index in [9.17, 15) is 4.79 Å². The zero-order chi connectivity index (χ0) is 13.8. The highest BCUT2D eigenvalue weighted by Crippen LogP contribution is 2.35. The van der Waals surface area contributed by atoms with E-state index in [2.05, 4.69) is 34.9 Å². The van der Waals surface area contributed by atoms with E-state index in [4.69, 9.17) is 0 Å². The summed E-state index contributed by atoms with van der Waals surface area (Å²) < 4.78 is 0. The number of piperidine rings is 1. The van der Waals surface area contributed by atoms with Crippen LogP contribution in [0.5, 0.6) is 0 Å². The Morgan fingerprint density at radius 2 is 2.00 bits per heavy atom. The second-order valence-corrected chi connectivity index (χ2v) is 6.83. The second kappa shape index (κ2) is 8.06. The molecular formula is C16H23ClN2OS. The molecule has 0 aromatic heterocycles. The molecule has 0 radical (unpaired) electrons. The lowest BCUT2D eigenvalue weighted by Crippen LogP contribution is -2.34. The van der Waals surface area contributed by atoms with Crippen LogP contribution in [-0.4, -0.2) is 24.7 Å². The van der Waals surface area contributed by atoms with E-state index in [0.717, 1.165) is 38.1 Å². The van der Waals surface area contributed by atoms with Gasteiger partial charge in [-0.15, -0.1) is 24.2 Å². The minimum absolute atomic E-state index is 0. The first kappa shape index (κ1) is 16.7. The van der Waals surface area contributed by atoms with Gasteiger partial charge in [0.1, 0.15) is 0 Å². The number of rotatable bonds is 3. The maximum atomic E-state index is 12.3. The molecule has 2 N–H and O–H groups in total. The highest BCUT2D eigenvalue weighted by Gasteiger charge is 2.23. The first-order valence-electron chi connectivity index (χ1n) is 7.55.